The first-order valence-corrected chi connectivity index (χ1v) is 11.4. The van der Waals surface area contributed by atoms with E-state index in [1.165, 1.54) is 12.1 Å². The average molecular weight is 499 g/mol. The van der Waals surface area contributed by atoms with Crippen LogP contribution in [0.15, 0.2) is 54.7 Å². The highest BCUT2D eigenvalue weighted by atomic mass is 19.4. The number of aromatic nitrogens is 1. The molecule has 1 aromatic heterocycles. The molecular formula is C27H25F3N2O4. The van der Waals surface area contributed by atoms with Crippen molar-refractivity contribution in [2.24, 2.45) is 5.92 Å². The molecule has 1 aliphatic carbocycles. The number of aryl methyl sites for hydroxylation is 2. The molecule has 0 unspecified atom stereocenters. The Morgan fingerprint density at radius 1 is 1.11 bits per heavy atom. The lowest BCUT2D eigenvalue weighted by Crippen LogP contribution is -2.19. The molecule has 1 fully saturated rings. The minimum Gasteiger partial charge on any atom is -0.493 e. The topological polar surface area (TPSA) is 88.5 Å². The van der Waals surface area contributed by atoms with E-state index in [2.05, 4.69) is 10.3 Å². The number of nitrogens with one attached hydrogen (secondary N) is 1. The molecule has 2 atom stereocenters. The average Bonchev–Trinajstić information content (AvgIpc) is 3.60. The van der Waals surface area contributed by atoms with E-state index in [4.69, 9.17) is 9.84 Å². The number of rotatable bonds is 8. The Morgan fingerprint density at radius 3 is 2.42 bits per heavy atom. The Kier molecular flexibility index (Phi) is 7.01. The van der Waals surface area contributed by atoms with Crippen LogP contribution >= 0.6 is 0 Å². The number of carbonyl (C=O) groups is 2. The van der Waals surface area contributed by atoms with Crippen LogP contribution in [0, 0.1) is 19.8 Å². The van der Waals surface area contributed by atoms with E-state index in [1.807, 2.05) is 18.2 Å². The van der Waals surface area contributed by atoms with Crippen LogP contribution < -0.4 is 10.1 Å². The molecular weight excluding hydrogens is 473 g/mol. The summed E-state index contributed by atoms with van der Waals surface area (Å²) in [7, 11) is 0. The van der Waals surface area contributed by atoms with Crippen molar-refractivity contribution >= 4 is 17.6 Å². The van der Waals surface area contributed by atoms with Gasteiger partial charge in [-0.1, -0.05) is 12.1 Å². The zero-order chi connectivity index (χ0) is 26.0. The number of hydrogen-bond donors (Lipinski definition) is 2. The molecule has 0 aliphatic heterocycles. The van der Waals surface area contributed by atoms with E-state index < -0.39 is 35.2 Å². The smallest absolute Gasteiger partial charge is 0.418 e. The molecule has 4 rings (SSSR count). The third kappa shape index (κ3) is 5.67. The number of amides is 1. The molecule has 2 aromatic carbocycles. The highest BCUT2D eigenvalue weighted by molar-refractivity contribution is 6.07. The third-order valence-electron chi connectivity index (χ3n) is 6.22. The summed E-state index contributed by atoms with van der Waals surface area (Å²) in [5.41, 5.74) is 1.31. The van der Waals surface area contributed by atoms with Gasteiger partial charge in [0.15, 0.2) is 0 Å². The number of ether oxygens (including phenoxy) is 1. The summed E-state index contributed by atoms with van der Waals surface area (Å²) in [5.74, 6) is -2.12. The number of carboxylic acids is 1. The van der Waals surface area contributed by atoms with Crippen LogP contribution in [0.25, 0.3) is 0 Å². The van der Waals surface area contributed by atoms with Crippen molar-refractivity contribution in [2.75, 3.05) is 11.9 Å². The van der Waals surface area contributed by atoms with Gasteiger partial charge in [-0.05, 0) is 79.3 Å². The first-order valence-electron chi connectivity index (χ1n) is 11.4. The van der Waals surface area contributed by atoms with Crippen LogP contribution in [0.4, 0.5) is 18.9 Å². The Hall–Kier alpha value is -3.88. The molecule has 0 bridgehead atoms. The second-order valence-corrected chi connectivity index (χ2v) is 8.90. The van der Waals surface area contributed by atoms with Crippen LogP contribution in [0.2, 0.25) is 0 Å². The molecule has 1 saturated carbocycles. The van der Waals surface area contributed by atoms with Gasteiger partial charge in [0.05, 0.1) is 23.8 Å². The molecule has 188 valence electrons. The number of nitrogens with zero attached hydrogens (tertiary/aromatic N) is 1. The zero-order valence-electron chi connectivity index (χ0n) is 19.7. The standard InChI is InChI=1S/C27H25F3N2O4/c1-15-11-19(36-10-8-18-5-3-4-9-31-18)12-16(2)24(15)25(33)32-23-13-17(20-14-21(20)26(34)35)6-7-22(23)27(28,29)30/h3-7,9,11-13,20-21H,8,10,14H2,1-2H3,(H,32,33)(H,34,35)/t20-,21-/m1/s1. The fourth-order valence-corrected chi connectivity index (χ4v) is 4.35. The van der Waals surface area contributed by atoms with Gasteiger partial charge in [0.25, 0.3) is 5.91 Å². The predicted molar refractivity (Wildman–Crippen MR) is 127 cm³/mol. The van der Waals surface area contributed by atoms with Gasteiger partial charge in [0.1, 0.15) is 5.75 Å². The fraction of sp³-hybridized carbons (Fsp3) is 0.296. The number of pyridine rings is 1. The SMILES string of the molecule is Cc1cc(OCCc2ccccn2)cc(C)c1C(=O)Nc1cc([C@H]2C[C@H]2C(=O)O)ccc1C(F)(F)F. The van der Waals surface area contributed by atoms with Crippen LogP contribution in [-0.2, 0) is 17.4 Å². The second kappa shape index (κ2) is 10.0. The number of carboxylic acid groups (broad SMARTS) is 1. The number of anilines is 1. The minimum absolute atomic E-state index is 0.250. The number of carbonyl (C=O) groups excluding carboxylic acids is 1. The highest BCUT2D eigenvalue weighted by Gasteiger charge is 2.45. The molecule has 0 spiro atoms. The minimum atomic E-state index is -4.69. The first kappa shape index (κ1) is 25.2. The summed E-state index contributed by atoms with van der Waals surface area (Å²) in [6, 6.07) is 12.3. The molecule has 3 aromatic rings. The summed E-state index contributed by atoms with van der Waals surface area (Å²) in [4.78, 5) is 28.5. The molecule has 9 heteroatoms. The maximum absolute atomic E-state index is 13.6. The van der Waals surface area contributed by atoms with Crippen molar-refractivity contribution in [3.05, 3.63) is 88.2 Å². The number of benzene rings is 2. The Morgan fingerprint density at radius 2 is 1.83 bits per heavy atom. The quantitative estimate of drug-likeness (QED) is 0.411. The monoisotopic (exact) mass is 498 g/mol. The van der Waals surface area contributed by atoms with E-state index in [0.29, 0.717) is 41.9 Å². The van der Waals surface area contributed by atoms with Gasteiger partial charge in [-0.15, -0.1) is 0 Å². The van der Waals surface area contributed by atoms with Gasteiger partial charge in [-0.3, -0.25) is 14.6 Å². The molecule has 1 aliphatic rings. The summed E-state index contributed by atoms with van der Waals surface area (Å²) in [6.07, 6.45) is -2.03. The van der Waals surface area contributed by atoms with Crippen LogP contribution in [0.5, 0.6) is 5.75 Å². The van der Waals surface area contributed by atoms with Gasteiger partial charge in [-0.25, -0.2) is 0 Å². The van der Waals surface area contributed by atoms with Crippen molar-refractivity contribution < 1.29 is 32.6 Å². The van der Waals surface area contributed by atoms with Gasteiger partial charge in [0.2, 0.25) is 0 Å². The normalized spacial score (nSPS) is 16.9. The predicted octanol–water partition coefficient (Wildman–Crippen LogP) is 5.78. The summed E-state index contributed by atoms with van der Waals surface area (Å²) < 4.78 is 46.7. The summed E-state index contributed by atoms with van der Waals surface area (Å²) in [5, 5.41) is 11.6. The lowest BCUT2D eigenvalue weighted by atomic mass is 10.00. The maximum atomic E-state index is 13.6. The summed E-state index contributed by atoms with van der Waals surface area (Å²) >= 11 is 0. The largest absolute Gasteiger partial charge is 0.493 e. The van der Waals surface area contributed by atoms with Gasteiger partial charge >= 0.3 is 12.1 Å². The van der Waals surface area contributed by atoms with Gasteiger partial charge in [-0.2, -0.15) is 13.2 Å². The molecule has 36 heavy (non-hydrogen) atoms. The molecule has 0 saturated heterocycles. The van der Waals surface area contributed by atoms with Gasteiger partial charge in [0, 0.05) is 23.9 Å². The van der Waals surface area contributed by atoms with Crippen molar-refractivity contribution in [3.8, 4) is 5.75 Å². The van der Waals surface area contributed by atoms with E-state index in [0.717, 1.165) is 11.8 Å². The van der Waals surface area contributed by atoms with E-state index >= 15 is 0 Å². The highest BCUT2D eigenvalue weighted by Crippen LogP contribution is 2.49. The van der Waals surface area contributed by atoms with Crippen molar-refractivity contribution in [3.63, 3.8) is 0 Å². The fourth-order valence-electron chi connectivity index (χ4n) is 4.35. The second-order valence-electron chi connectivity index (χ2n) is 8.90. The van der Waals surface area contributed by atoms with Gasteiger partial charge < -0.3 is 15.2 Å². The van der Waals surface area contributed by atoms with Crippen LogP contribution in [0.3, 0.4) is 0 Å². The Labute approximate surface area is 206 Å². The van der Waals surface area contributed by atoms with Crippen molar-refractivity contribution in [2.45, 2.75) is 38.8 Å². The number of aliphatic carboxylic acids is 1. The molecule has 1 heterocycles. The molecule has 0 radical (unpaired) electrons. The molecule has 1 amide bonds. The van der Waals surface area contributed by atoms with E-state index in [9.17, 15) is 22.8 Å². The van der Waals surface area contributed by atoms with Crippen LogP contribution in [0.1, 0.15) is 50.6 Å². The lowest BCUT2D eigenvalue weighted by Gasteiger charge is -2.17. The number of hydrogen-bond acceptors (Lipinski definition) is 4. The molecule has 2 N–H and O–H groups in total. The van der Waals surface area contributed by atoms with Crippen molar-refractivity contribution in [1.82, 2.24) is 4.98 Å². The number of halogens is 3. The third-order valence-corrected chi connectivity index (χ3v) is 6.22. The van der Waals surface area contributed by atoms with E-state index in [-0.39, 0.29) is 11.5 Å². The summed E-state index contributed by atoms with van der Waals surface area (Å²) in [6.45, 7) is 3.76. The zero-order valence-corrected chi connectivity index (χ0v) is 19.7. The molecule has 6 nitrogen and oxygen atoms in total. The Balaban J connectivity index is 1.52. The van der Waals surface area contributed by atoms with Crippen molar-refractivity contribution in [1.29, 1.82) is 0 Å². The maximum Gasteiger partial charge on any atom is 0.418 e. The number of alkyl halides is 3. The van der Waals surface area contributed by atoms with Crippen LogP contribution in [-0.4, -0.2) is 28.6 Å². The Bertz CT molecular complexity index is 1270. The first-order chi connectivity index (χ1) is 17.0. The lowest BCUT2D eigenvalue weighted by molar-refractivity contribution is -0.139. The van der Waals surface area contributed by atoms with E-state index in [1.54, 1.807) is 32.2 Å².